The molecular formula is C14H25NSi. The zero-order valence-corrected chi connectivity index (χ0v) is 12.5. The van der Waals surface area contributed by atoms with Gasteiger partial charge >= 0.3 is 0 Å². The van der Waals surface area contributed by atoms with Crippen molar-refractivity contribution in [2.24, 2.45) is 0 Å². The maximum absolute atomic E-state index is 2.68. The SMILES string of the molecule is CC(C)(C)N(Cc1ccccc1)[Si](C)(C)C. The van der Waals surface area contributed by atoms with Crippen molar-refractivity contribution in [3.05, 3.63) is 35.9 Å². The molecule has 0 unspecified atom stereocenters. The minimum Gasteiger partial charge on any atom is -0.315 e. The molecule has 0 amide bonds. The summed E-state index contributed by atoms with van der Waals surface area (Å²) in [5.74, 6) is 0. The zero-order chi connectivity index (χ0) is 12.4. The van der Waals surface area contributed by atoms with Crippen molar-refractivity contribution >= 4 is 8.24 Å². The summed E-state index contributed by atoms with van der Waals surface area (Å²) >= 11 is 0. The van der Waals surface area contributed by atoms with Crippen LogP contribution in [0.4, 0.5) is 0 Å². The molecule has 90 valence electrons. The Morgan fingerprint density at radius 2 is 1.50 bits per heavy atom. The molecule has 0 heterocycles. The summed E-state index contributed by atoms with van der Waals surface area (Å²) in [6, 6.07) is 10.8. The lowest BCUT2D eigenvalue weighted by molar-refractivity contribution is 0.233. The van der Waals surface area contributed by atoms with Crippen LogP contribution in [0.1, 0.15) is 26.3 Å². The van der Waals surface area contributed by atoms with Gasteiger partial charge in [0, 0.05) is 12.1 Å². The molecular weight excluding hydrogens is 210 g/mol. The van der Waals surface area contributed by atoms with Crippen LogP contribution in [0.2, 0.25) is 19.6 Å². The monoisotopic (exact) mass is 235 g/mol. The van der Waals surface area contributed by atoms with E-state index in [2.05, 4.69) is 75.3 Å². The third-order valence-corrected chi connectivity index (χ3v) is 5.25. The minimum atomic E-state index is -1.27. The molecule has 0 saturated heterocycles. The maximum atomic E-state index is 2.68. The normalized spacial score (nSPS) is 13.2. The van der Waals surface area contributed by atoms with Gasteiger partial charge in [0.25, 0.3) is 0 Å². The van der Waals surface area contributed by atoms with E-state index in [0.29, 0.717) is 0 Å². The van der Waals surface area contributed by atoms with Crippen LogP contribution >= 0.6 is 0 Å². The third-order valence-electron chi connectivity index (χ3n) is 2.80. The zero-order valence-electron chi connectivity index (χ0n) is 11.5. The molecule has 1 nitrogen and oxygen atoms in total. The van der Waals surface area contributed by atoms with Crippen molar-refractivity contribution < 1.29 is 0 Å². The van der Waals surface area contributed by atoms with Crippen molar-refractivity contribution in [2.75, 3.05) is 0 Å². The average Bonchev–Trinajstić information content (AvgIpc) is 2.12. The molecule has 1 rings (SSSR count). The molecule has 1 aromatic rings. The minimum absolute atomic E-state index is 0.250. The van der Waals surface area contributed by atoms with Crippen LogP contribution in [0.15, 0.2) is 30.3 Å². The number of nitrogens with zero attached hydrogens (tertiary/aromatic N) is 1. The smallest absolute Gasteiger partial charge is 0.120 e. The van der Waals surface area contributed by atoms with E-state index < -0.39 is 8.24 Å². The highest BCUT2D eigenvalue weighted by Gasteiger charge is 2.32. The lowest BCUT2D eigenvalue weighted by Gasteiger charge is -2.44. The summed E-state index contributed by atoms with van der Waals surface area (Å²) in [6.07, 6.45) is 0. The van der Waals surface area contributed by atoms with Crippen LogP contribution in [0, 0.1) is 0 Å². The van der Waals surface area contributed by atoms with E-state index >= 15 is 0 Å². The largest absolute Gasteiger partial charge is 0.315 e. The molecule has 0 atom stereocenters. The predicted molar refractivity (Wildman–Crippen MR) is 75.1 cm³/mol. The predicted octanol–water partition coefficient (Wildman–Crippen LogP) is 4.12. The van der Waals surface area contributed by atoms with Crippen molar-refractivity contribution in [1.29, 1.82) is 0 Å². The fraction of sp³-hybridized carbons (Fsp3) is 0.571. The molecule has 0 N–H and O–H groups in total. The molecule has 0 aliphatic carbocycles. The Hall–Kier alpha value is -0.603. The second-order valence-corrected chi connectivity index (χ2v) is 11.3. The quantitative estimate of drug-likeness (QED) is 0.712. The second kappa shape index (κ2) is 4.72. The Morgan fingerprint density at radius 1 is 1.00 bits per heavy atom. The lowest BCUT2D eigenvalue weighted by atomic mass is 10.1. The van der Waals surface area contributed by atoms with Crippen LogP contribution < -0.4 is 0 Å². The summed E-state index contributed by atoms with van der Waals surface area (Å²) < 4.78 is 2.68. The van der Waals surface area contributed by atoms with Gasteiger partial charge in [0.15, 0.2) is 0 Å². The van der Waals surface area contributed by atoms with E-state index in [1.165, 1.54) is 5.56 Å². The average molecular weight is 235 g/mol. The Labute approximate surface area is 102 Å². The topological polar surface area (TPSA) is 3.24 Å². The Bertz CT molecular complexity index is 305. The van der Waals surface area contributed by atoms with Crippen molar-refractivity contribution in [2.45, 2.75) is 52.5 Å². The summed E-state index contributed by atoms with van der Waals surface area (Å²) in [6.45, 7) is 15.3. The molecule has 0 radical (unpaired) electrons. The number of rotatable bonds is 3. The number of hydrogen-bond acceptors (Lipinski definition) is 1. The molecule has 0 aliphatic heterocycles. The van der Waals surface area contributed by atoms with Gasteiger partial charge in [-0.1, -0.05) is 50.0 Å². The molecule has 0 aliphatic rings. The van der Waals surface area contributed by atoms with Gasteiger partial charge < -0.3 is 4.57 Å². The van der Waals surface area contributed by atoms with Gasteiger partial charge in [0.05, 0.1) is 0 Å². The van der Waals surface area contributed by atoms with E-state index in [0.717, 1.165) is 6.54 Å². The van der Waals surface area contributed by atoms with Crippen LogP contribution in [0.5, 0.6) is 0 Å². The Kier molecular flexibility index (Phi) is 3.97. The summed E-state index contributed by atoms with van der Waals surface area (Å²) in [5, 5.41) is 0. The molecule has 0 aromatic heterocycles. The fourth-order valence-corrected chi connectivity index (χ4v) is 4.92. The first-order valence-electron chi connectivity index (χ1n) is 6.03. The first kappa shape index (κ1) is 13.5. The summed E-state index contributed by atoms with van der Waals surface area (Å²) in [5.41, 5.74) is 1.67. The molecule has 0 spiro atoms. The van der Waals surface area contributed by atoms with E-state index in [4.69, 9.17) is 0 Å². The van der Waals surface area contributed by atoms with Crippen LogP contribution in [0.25, 0.3) is 0 Å². The Balaban J connectivity index is 2.89. The summed E-state index contributed by atoms with van der Waals surface area (Å²) in [4.78, 5) is 0. The maximum Gasteiger partial charge on any atom is 0.120 e. The molecule has 0 bridgehead atoms. The highest BCUT2D eigenvalue weighted by molar-refractivity contribution is 6.73. The Morgan fingerprint density at radius 3 is 1.88 bits per heavy atom. The van der Waals surface area contributed by atoms with Gasteiger partial charge in [-0.25, -0.2) is 0 Å². The van der Waals surface area contributed by atoms with Crippen LogP contribution in [-0.4, -0.2) is 18.3 Å². The van der Waals surface area contributed by atoms with Crippen molar-refractivity contribution in [1.82, 2.24) is 4.57 Å². The number of hydrogen-bond donors (Lipinski definition) is 0. The first-order chi connectivity index (χ1) is 7.21. The second-order valence-electron chi connectivity index (χ2n) is 6.41. The van der Waals surface area contributed by atoms with Gasteiger partial charge in [-0.3, -0.25) is 0 Å². The van der Waals surface area contributed by atoms with Crippen molar-refractivity contribution in [3.63, 3.8) is 0 Å². The van der Waals surface area contributed by atoms with Gasteiger partial charge in [-0.2, -0.15) is 0 Å². The molecule has 1 aromatic carbocycles. The highest BCUT2D eigenvalue weighted by Crippen LogP contribution is 2.24. The standard InChI is InChI=1S/C14H25NSi/c1-14(2,3)15(16(4,5)6)12-13-10-8-7-9-11-13/h7-11H,12H2,1-6H3. The van der Waals surface area contributed by atoms with Gasteiger partial charge in [-0.15, -0.1) is 0 Å². The molecule has 2 heteroatoms. The van der Waals surface area contributed by atoms with E-state index in [1.807, 2.05) is 0 Å². The summed E-state index contributed by atoms with van der Waals surface area (Å²) in [7, 11) is -1.27. The molecule has 0 saturated carbocycles. The molecule has 0 fully saturated rings. The van der Waals surface area contributed by atoms with E-state index in [9.17, 15) is 0 Å². The molecule has 16 heavy (non-hydrogen) atoms. The van der Waals surface area contributed by atoms with Crippen LogP contribution in [-0.2, 0) is 6.54 Å². The van der Waals surface area contributed by atoms with E-state index in [1.54, 1.807) is 0 Å². The third kappa shape index (κ3) is 3.76. The highest BCUT2D eigenvalue weighted by atomic mass is 28.3. The fourth-order valence-electron chi connectivity index (χ4n) is 2.25. The van der Waals surface area contributed by atoms with Gasteiger partial charge in [0.2, 0.25) is 0 Å². The number of benzene rings is 1. The van der Waals surface area contributed by atoms with Gasteiger partial charge in [-0.05, 0) is 26.3 Å². The first-order valence-corrected chi connectivity index (χ1v) is 9.47. The lowest BCUT2D eigenvalue weighted by Crippen LogP contribution is -2.55. The van der Waals surface area contributed by atoms with Crippen molar-refractivity contribution in [3.8, 4) is 0 Å². The van der Waals surface area contributed by atoms with Gasteiger partial charge in [0.1, 0.15) is 8.24 Å². The van der Waals surface area contributed by atoms with E-state index in [-0.39, 0.29) is 5.54 Å². The van der Waals surface area contributed by atoms with Crippen LogP contribution in [0.3, 0.4) is 0 Å².